The lowest BCUT2D eigenvalue weighted by molar-refractivity contribution is -0.0775. The van der Waals surface area contributed by atoms with Crippen molar-refractivity contribution in [3.63, 3.8) is 0 Å². The van der Waals surface area contributed by atoms with Gasteiger partial charge in [0.15, 0.2) is 8.32 Å². The van der Waals surface area contributed by atoms with E-state index in [1.165, 1.54) is 0 Å². The Kier molecular flexibility index (Phi) is 3.22. The molecule has 0 aliphatic heterocycles. The van der Waals surface area contributed by atoms with E-state index in [9.17, 15) is 8.78 Å². The Morgan fingerprint density at radius 3 is 1.93 bits per heavy atom. The highest BCUT2D eigenvalue weighted by Crippen LogP contribution is 2.41. The molecule has 0 saturated heterocycles. The third-order valence-corrected chi connectivity index (χ3v) is 3.50. The molecule has 86 valence electrons. The summed E-state index contributed by atoms with van der Waals surface area (Å²) in [6.07, 6.45) is -0.155. The van der Waals surface area contributed by atoms with Crippen LogP contribution in [0.5, 0.6) is 0 Å². The summed E-state index contributed by atoms with van der Waals surface area (Å²) in [6.45, 7) is 5.91. The van der Waals surface area contributed by atoms with Gasteiger partial charge in [0.05, 0.1) is 6.07 Å². The number of hydrogen-bond acceptors (Lipinski definition) is 2. The van der Waals surface area contributed by atoms with Crippen LogP contribution in [0.4, 0.5) is 8.78 Å². The first-order chi connectivity index (χ1) is 6.68. The summed E-state index contributed by atoms with van der Waals surface area (Å²) in [4.78, 5) is 0. The van der Waals surface area contributed by atoms with Crippen molar-refractivity contribution in [2.45, 2.75) is 56.8 Å². The van der Waals surface area contributed by atoms with Crippen molar-refractivity contribution in [1.29, 1.82) is 5.26 Å². The second kappa shape index (κ2) is 3.83. The molecule has 0 spiro atoms. The number of alkyl halides is 2. The molecular weight excluding hydrogens is 216 g/mol. The van der Waals surface area contributed by atoms with Gasteiger partial charge in [0.2, 0.25) is 5.92 Å². The van der Waals surface area contributed by atoms with Crippen molar-refractivity contribution in [3.8, 4) is 6.07 Å². The maximum absolute atomic E-state index is 13.0. The molecule has 0 N–H and O–H groups in total. The summed E-state index contributed by atoms with van der Waals surface area (Å²) in [5.74, 6) is -2.61. The van der Waals surface area contributed by atoms with Gasteiger partial charge in [0.1, 0.15) is 5.60 Å². The lowest BCUT2D eigenvalue weighted by Crippen LogP contribution is -2.46. The highest BCUT2D eigenvalue weighted by atomic mass is 28.4. The van der Waals surface area contributed by atoms with Crippen LogP contribution < -0.4 is 0 Å². The van der Waals surface area contributed by atoms with Gasteiger partial charge in [-0.25, -0.2) is 8.78 Å². The Balaban J connectivity index is 2.70. The van der Waals surface area contributed by atoms with E-state index in [1.54, 1.807) is 0 Å². The molecule has 2 nitrogen and oxygen atoms in total. The van der Waals surface area contributed by atoms with Crippen molar-refractivity contribution < 1.29 is 13.2 Å². The van der Waals surface area contributed by atoms with E-state index in [0.717, 1.165) is 0 Å². The minimum Gasteiger partial charge on any atom is -0.400 e. The molecule has 0 amide bonds. The van der Waals surface area contributed by atoms with Gasteiger partial charge in [-0.3, -0.25) is 0 Å². The predicted octanol–water partition coefficient (Wildman–Crippen LogP) is 3.31. The van der Waals surface area contributed by atoms with E-state index >= 15 is 0 Å². The van der Waals surface area contributed by atoms with Crippen LogP contribution >= 0.6 is 0 Å². The lowest BCUT2D eigenvalue weighted by Gasteiger charge is -2.38. The average molecular weight is 233 g/mol. The predicted molar refractivity (Wildman–Crippen MR) is 56.2 cm³/mol. The van der Waals surface area contributed by atoms with Gasteiger partial charge in [-0.05, 0) is 32.5 Å². The molecule has 1 aliphatic rings. The van der Waals surface area contributed by atoms with E-state index in [1.807, 2.05) is 19.6 Å². The Morgan fingerprint density at radius 1 is 1.13 bits per heavy atom. The van der Waals surface area contributed by atoms with Crippen molar-refractivity contribution in [2.75, 3.05) is 0 Å². The summed E-state index contributed by atoms with van der Waals surface area (Å²) < 4.78 is 31.7. The summed E-state index contributed by atoms with van der Waals surface area (Å²) in [6, 6.07) is 2.09. The molecule has 0 bridgehead atoms. The first-order valence-corrected chi connectivity index (χ1v) is 8.58. The van der Waals surface area contributed by atoms with Crippen molar-refractivity contribution in [1.82, 2.24) is 0 Å². The van der Waals surface area contributed by atoms with Gasteiger partial charge in [0, 0.05) is 12.8 Å². The van der Waals surface area contributed by atoms with Gasteiger partial charge in [-0.15, -0.1) is 0 Å². The maximum Gasteiger partial charge on any atom is 0.248 e. The number of nitriles is 1. The molecule has 0 aromatic heterocycles. The molecule has 1 rings (SSSR count). The fraction of sp³-hybridized carbons (Fsp3) is 0.900. The number of nitrogens with zero attached hydrogens (tertiary/aromatic N) is 1. The van der Waals surface area contributed by atoms with Gasteiger partial charge >= 0.3 is 0 Å². The minimum absolute atomic E-state index is 0.154. The molecule has 0 aromatic carbocycles. The van der Waals surface area contributed by atoms with Crippen LogP contribution in [-0.2, 0) is 4.43 Å². The SMILES string of the molecule is C[Si](C)(C)OC1(C#N)CCC(F)(F)CC1. The van der Waals surface area contributed by atoms with Crippen LogP contribution in [0.3, 0.4) is 0 Å². The quantitative estimate of drug-likeness (QED) is 0.685. The maximum atomic E-state index is 13.0. The largest absolute Gasteiger partial charge is 0.400 e. The Hall–Kier alpha value is -0.473. The Labute approximate surface area is 90.4 Å². The molecule has 5 heteroatoms. The average Bonchev–Trinajstić information content (AvgIpc) is 2.07. The van der Waals surface area contributed by atoms with Gasteiger partial charge in [-0.1, -0.05) is 0 Å². The van der Waals surface area contributed by atoms with E-state index in [4.69, 9.17) is 9.69 Å². The zero-order valence-corrected chi connectivity index (χ0v) is 10.4. The highest BCUT2D eigenvalue weighted by Gasteiger charge is 2.46. The molecule has 1 fully saturated rings. The Morgan fingerprint density at radius 2 is 1.60 bits per heavy atom. The molecule has 1 aliphatic carbocycles. The topological polar surface area (TPSA) is 33.0 Å². The second-order valence-corrected chi connectivity index (χ2v) is 9.61. The molecule has 0 heterocycles. The molecule has 0 aromatic rings. The molecule has 0 radical (unpaired) electrons. The van der Waals surface area contributed by atoms with Crippen LogP contribution in [-0.4, -0.2) is 19.8 Å². The first kappa shape index (κ1) is 12.6. The van der Waals surface area contributed by atoms with E-state index < -0.39 is 19.8 Å². The number of hydrogen-bond donors (Lipinski definition) is 0. The lowest BCUT2D eigenvalue weighted by atomic mass is 9.84. The van der Waals surface area contributed by atoms with Crippen LogP contribution in [0.15, 0.2) is 0 Å². The summed E-state index contributed by atoms with van der Waals surface area (Å²) in [7, 11) is -1.85. The highest BCUT2D eigenvalue weighted by molar-refractivity contribution is 6.69. The van der Waals surface area contributed by atoms with Gasteiger partial charge in [-0.2, -0.15) is 5.26 Å². The summed E-state index contributed by atoms with van der Waals surface area (Å²) in [5, 5.41) is 9.08. The third kappa shape index (κ3) is 3.54. The monoisotopic (exact) mass is 233 g/mol. The van der Waals surface area contributed by atoms with Crippen molar-refractivity contribution >= 4 is 8.32 Å². The van der Waals surface area contributed by atoms with Crippen LogP contribution in [0.1, 0.15) is 25.7 Å². The van der Waals surface area contributed by atoms with Gasteiger partial charge < -0.3 is 4.43 Å². The Bertz CT molecular complexity index is 270. The summed E-state index contributed by atoms with van der Waals surface area (Å²) >= 11 is 0. The van der Waals surface area contributed by atoms with Crippen LogP contribution in [0.2, 0.25) is 19.6 Å². The van der Waals surface area contributed by atoms with Crippen LogP contribution in [0, 0.1) is 11.3 Å². The fourth-order valence-electron chi connectivity index (χ4n) is 1.84. The van der Waals surface area contributed by atoms with Crippen molar-refractivity contribution in [3.05, 3.63) is 0 Å². The minimum atomic E-state index is -2.61. The molecule has 1 saturated carbocycles. The van der Waals surface area contributed by atoms with E-state index in [-0.39, 0.29) is 25.7 Å². The smallest absolute Gasteiger partial charge is 0.248 e. The first-order valence-electron chi connectivity index (χ1n) is 5.17. The van der Waals surface area contributed by atoms with E-state index in [2.05, 4.69) is 6.07 Å². The standard InChI is InChI=1S/C10H17F2NOSi/c1-15(2,3)14-9(8-13)4-6-10(11,12)7-5-9/h4-7H2,1-3H3. The zero-order valence-electron chi connectivity index (χ0n) is 9.44. The second-order valence-electron chi connectivity index (χ2n) is 5.18. The molecule has 0 unspecified atom stereocenters. The normalized spacial score (nSPS) is 24.5. The van der Waals surface area contributed by atoms with E-state index in [0.29, 0.717) is 0 Å². The number of halogens is 2. The molecular formula is C10H17F2NOSi. The number of rotatable bonds is 2. The van der Waals surface area contributed by atoms with Gasteiger partial charge in [0.25, 0.3) is 0 Å². The fourth-order valence-corrected chi connectivity index (χ4v) is 3.26. The zero-order chi connectivity index (χ0) is 11.7. The third-order valence-electron chi connectivity index (χ3n) is 2.49. The molecule has 0 atom stereocenters. The summed E-state index contributed by atoms with van der Waals surface area (Å²) in [5.41, 5.74) is -0.952. The molecule has 15 heavy (non-hydrogen) atoms. The van der Waals surface area contributed by atoms with Crippen LogP contribution in [0.25, 0.3) is 0 Å². The van der Waals surface area contributed by atoms with Crippen molar-refractivity contribution in [2.24, 2.45) is 0 Å².